The zero-order chi connectivity index (χ0) is 18.7. The fraction of sp³-hybridized carbons (Fsp3) is 0.238. The number of Topliss-reactive ketones (excluding diaryl/α,β-unsaturated/α-hetero) is 1. The Morgan fingerprint density at radius 1 is 1.12 bits per heavy atom. The molecule has 1 aromatic heterocycles. The van der Waals surface area contributed by atoms with E-state index in [1.54, 1.807) is 31.2 Å². The molecule has 0 aliphatic carbocycles. The molecule has 0 saturated heterocycles. The molecule has 1 atom stereocenters. The van der Waals surface area contributed by atoms with Crippen molar-refractivity contribution in [3.8, 4) is 5.75 Å². The van der Waals surface area contributed by atoms with Gasteiger partial charge < -0.3 is 13.9 Å². The van der Waals surface area contributed by atoms with Crippen molar-refractivity contribution in [1.29, 1.82) is 0 Å². The molecule has 3 aromatic rings. The molecule has 26 heavy (non-hydrogen) atoms. The number of carbonyl (C=O) groups excluding carboxylic acids is 2. The maximum atomic E-state index is 12.2. The quantitative estimate of drug-likeness (QED) is 0.484. The third-order valence-electron chi connectivity index (χ3n) is 4.17. The third-order valence-corrected chi connectivity index (χ3v) is 4.17. The lowest BCUT2D eigenvalue weighted by molar-refractivity contribution is -0.153. The summed E-state index contributed by atoms with van der Waals surface area (Å²) in [5.41, 5.74) is 2.25. The Morgan fingerprint density at radius 3 is 2.62 bits per heavy atom. The second-order valence-corrected chi connectivity index (χ2v) is 6.10. The minimum atomic E-state index is -0.804. The molecule has 5 heteroatoms. The van der Waals surface area contributed by atoms with Crippen LogP contribution in [0.1, 0.15) is 35.5 Å². The van der Waals surface area contributed by atoms with Crippen LogP contribution in [0.3, 0.4) is 0 Å². The van der Waals surface area contributed by atoms with Crippen molar-refractivity contribution in [2.45, 2.75) is 33.5 Å². The smallest absolute Gasteiger partial charge is 0.347 e. The molecule has 0 radical (unpaired) electrons. The number of aryl methyl sites for hydroxylation is 1. The van der Waals surface area contributed by atoms with Gasteiger partial charge in [-0.3, -0.25) is 4.79 Å². The molecule has 0 aliphatic heterocycles. The van der Waals surface area contributed by atoms with E-state index in [4.69, 9.17) is 13.9 Å². The van der Waals surface area contributed by atoms with Crippen LogP contribution in [0.4, 0.5) is 0 Å². The minimum Gasteiger partial charge on any atom is -0.479 e. The molecule has 0 fully saturated rings. The maximum absolute atomic E-state index is 12.2. The minimum absolute atomic E-state index is 0.0422. The van der Waals surface area contributed by atoms with Gasteiger partial charge in [-0.1, -0.05) is 30.3 Å². The van der Waals surface area contributed by atoms with Gasteiger partial charge >= 0.3 is 5.97 Å². The summed E-state index contributed by atoms with van der Waals surface area (Å²) in [5.74, 6) is 0.497. The van der Waals surface area contributed by atoms with E-state index in [1.807, 2.05) is 31.2 Å². The predicted molar refractivity (Wildman–Crippen MR) is 97.3 cm³/mol. The lowest BCUT2D eigenvalue weighted by Crippen LogP contribution is -2.26. The summed E-state index contributed by atoms with van der Waals surface area (Å²) in [6.07, 6.45) is -0.804. The summed E-state index contributed by atoms with van der Waals surface area (Å²) in [6, 6.07) is 14.4. The fourth-order valence-electron chi connectivity index (χ4n) is 2.66. The number of esters is 1. The molecule has 3 rings (SSSR count). The predicted octanol–water partition coefficient (Wildman–Crippen LogP) is 4.45. The molecule has 0 bridgehead atoms. The number of ketones is 1. The van der Waals surface area contributed by atoms with E-state index in [0.29, 0.717) is 17.1 Å². The summed E-state index contributed by atoms with van der Waals surface area (Å²) in [7, 11) is 0. The molecule has 5 nitrogen and oxygen atoms in total. The maximum Gasteiger partial charge on any atom is 0.347 e. The van der Waals surface area contributed by atoms with Gasteiger partial charge in [-0.15, -0.1) is 0 Å². The van der Waals surface area contributed by atoms with Crippen LogP contribution >= 0.6 is 0 Å². The number of para-hydroxylation sites is 1. The third kappa shape index (κ3) is 3.77. The van der Waals surface area contributed by atoms with E-state index < -0.39 is 12.1 Å². The van der Waals surface area contributed by atoms with E-state index in [1.165, 1.54) is 6.92 Å². The van der Waals surface area contributed by atoms with Crippen LogP contribution in [0.5, 0.6) is 5.75 Å². The van der Waals surface area contributed by atoms with Crippen LogP contribution in [0.25, 0.3) is 11.0 Å². The van der Waals surface area contributed by atoms with Crippen LogP contribution < -0.4 is 4.74 Å². The second kappa shape index (κ2) is 7.44. The highest BCUT2D eigenvalue weighted by molar-refractivity contribution is 5.94. The normalized spacial score (nSPS) is 12.0. The first-order valence-electron chi connectivity index (χ1n) is 8.37. The molecule has 134 valence electrons. The SMILES string of the molecule is CC(=O)c1cccc(OC(C)C(=O)OCc2oc3ccccc3c2C)c1. The van der Waals surface area contributed by atoms with Gasteiger partial charge in [0.15, 0.2) is 11.9 Å². The van der Waals surface area contributed by atoms with Crippen molar-refractivity contribution >= 4 is 22.7 Å². The first kappa shape index (κ1) is 17.7. The summed E-state index contributed by atoms with van der Waals surface area (Å²) < 4.78 is 16.6. The summed E-state index contributed by atoms with van der Waals surface area (Å²) in [4.78, 5) is 23.6. The Hall–Kier alpha value is -3.08. The van der Waals surface area contributed by atoms with Gasteiger partial charge in [0, 0.05) is 16.5 Å². The number of benzene rings is 2. The number of carbonyl (C=O) groups is 2. The molecule has 0 spiro atoms. The standard InChI is InChI=1S/C21H20O5/c1-13-18-9-4-5-10-19(18)26-20(13)12-24-21(23)15(3)25-17-8-6-7-16(11-17)14(2)22/h4-11,15H,12H2,1-3H3. The van der Waals surface area contributed by atoms with Gasteiger partial charge in [-0.25, -0.2) is 4.79 Å². The van der Waals surface area contributed by atoms with Crippen molar-refractivity contribution in [2.24, 2.45) is 0 Å². The van der Waals surface area contributed by atoms with Gasteiger partial charge in [0.25, 0.3) is 0 Å². The van der Waals surface area contributed by atoms with Crippen LogP contribution in [0.2, 0.25) is 0 Å². The van der Waals surface area contributed by atoms with Crippen molar-refractivity contribution in [3.05, 3.63) is 65.4 Å². The Labute approximate surface area is 151 Å². The highest BCUT2D eigenvalue weighted by atomic mass is 16.6. The van der Waals surface area contributed by atoms with Gasteiger partial charge in [-0.05, 0) is 39.0 Å². The molecule has 0 saturated carbocycles. The average molecular weight is 352 g/mol. The van der Waals surface area contributed by atoms with Gasteiger partial charge in [0.1, 0.15) is 23.7 Å². The van der Waals surface area contributed by atoms with E-state index >= 15 is 0 Å². The van der Waals surface area contributed by atoms with Gasteiger partial charge in [0.2, 0.25) is 0 Å². The van der Waals surface area contributed by atoms with Gasteiger partial charge in [0.05, 0.1) is 0 Å². The Bertz CT molecular complexity index is 954. The molecular formula is C21H20O5. The molecular weight excluding hydrogens is 332 g/mol. The van der Waals surface area contributed by atoms with Crippen molar-refractivity contribution in [3.63, 3.8) is 0 Å². The monoisotopic (exact) mass is 352 g/mol. The number of hydrogen-bond acceptors (Lipinski definition) is 5. The van der Waals surface area contributed by atoms with E-state index in [0.717, 1.165) is 16.5 Å². The number of rotatable bonds is 6. The molecule has 1 heterocycles. The zero-order valence-electron chi connectivity index (χ0n) is 14.9. The molecule has 1 unspecified atom stereocenters. The van der Waals surface area contributed by atoms with E-state index in [-0.39, 0.29) is 12.4 Å². The average Bonchev–Trinajstić information content (AvgIpc) is 2.96. The molecule has 0 amide bonds. The molecule has 0 N–H and O–H groups in total. The zero-order valence-corrected chi connectivity index (χ0v) is 14.9. The van der Waals surface area contributed by atoms with Crippen LogP contribution in [-0.2, 0) is 16.1 Å². The first-order valence-corrected chi connectivity index (χ1v) is 8.37. The number of ether oxygens (including phenoxy) is 2. The first-order chi connectivity index (χ1) is 12.5. The van der Waals surface area contributed by atoms with Crippen LogP contribution in [0, 0.1) is 6.92 Å². The van der Waals surface area contributed by atoms with Crippen molar-refractivity contribution in [2.75, 3.05) is 0 Å². The Morgan fingerprint density at radius 2 is 1.88 bits per heavy atom. The lowest BCUT2D eigenvalue weighted by Gasteiger charge is -2.14. The number of hydrogen-bond donors (Lipinski definition) is 0. The lowest BCUT2D eigenvalue weighted by atomic mass is 10.1. The Kier molecular flexibility index (Phi) is 5.07. The van der Waals surface area contributed by atoms with Gasteiger partial charge in [-0.2, -0.15) is 0 Å². The summed E-state index contributed by atoms with van der Waals surface area (Å²) in [6.45, 7) is 5.06. The van der Waals surface area contributed by atoms with Crippen molar-refractivity contribution in [1.82, 2.24) is 0 Å². The molecule has 0 aliphatic rings. The largest absolute Gasteiger partial charge is 0.479 e. The molecule has 2 aromatic carbocycles. The fourth-order valence-corrected chi connectivity index (χ4v) is 2.66. The van der Waals surface area contributed by atoms with Crippen LogP contribution in [0.15, 0.2) is 52.9 Å². The summed E-state index contributed by atoms with van der Waals surface area (Å²) >= 11 is 0. The Balaban J connectivity index is 1.63. The van der Waals surface area contributed by atoms with Crippen LogP contribution in [-0.4, -0.2) is 17.9 Å². The highest BCUT2D eigenvalue weighted by Gasteiger charge is 2.19. The highest BCUT2D eigenvalue weighted by Crippen LogP contribution is 2.25. The number of fused-ring (bicyclic) bond motifs is 1. The number of furan rings is 1. The summed E-state index contributed by atoms with van der Waals surface area (Å²) in [5, 5.41) is 1.00. The van der Waals surface area contributed by atoms with E-state index in [9.17, 15) is 9.59 Å². The van der Waals surface area contributed by atoms with E-state index in [2.05, 4.69) is 0 Å². The topological polar surface area (TPSA) is 65.7 Å². The van der Waals surface area contributed by atoms with Crippen molar-refractivity contribution < 1.29 is 23.5 Å². The second-order valence-electron chi connectivity index (χ2n) is 6.10.